The zero-order valence-electron chi connectivity index (χ0n) is 9.53. The Morgan fingerprint density at radius 2 is 2.07 bits per heavy atom. The van der Waals surface area contributed by atoms with Crippen molar-refractivity contribution < 1.29 is 4.79 Å². The average molecular weight is 194 g/mol. The van der Waals surface area contributed by atoms with Gasteiger partial charge in [-0.05, 0) is 6.92 Å². The van der Waals surface area contributed by atoms with Crippen molar-refractivity contribution in [3.63, 3.8) is 0 Å². The van der Waals surface area contributed by atoms with Gasteiger partial charge in [0.25, 0.3) is 0 Å². The lowest BCUT2D eigenvalue weighted by molar-refractivity contribution is -0.127. The number of carbonyl (C=O) groups excluding carboxylic acids is 1. The largest absolute Gasteiger partial charge is 0.340 e. The van der Waals surface area contributed by atoms with Gasteiger partial charge in [-0.1, -0.05) is 20.8 Å². The lowest BCUT2D eigenvalue weighted by atomic mass is 9.83. The Labute approximate surface area is 85.2 Å². The van der Waals surface area contributed by atoms with Crippen LogP contribution in [0.3, 0.4) is 0 Å². The second-order valence-electron chi connectivity index (χ2n) is 4.80. The standard InChI is InChI=1S/C11H18N2O/c1-8(10(14)11(2,3)4)9-6-13(5)7-12-9/h6-8H,1-5H3. The van der Waals surface area contributed by atoms with Crippen molar-refractivity contribution in [1.29, 1.82) is 0 Å². The number of imidazole rings is 1. The predicted octanol–water partition coefficient (Wildman–Crippen LogP) is 2.14. The molecule has 0 bridgehead atoms. The fourth-order valence-corrected chi connectivity index (χ4v) is 1.44. The van der Waals surface area contributed by atoms with Crippen molar-refractivity contribution in [2.45, 2.75) is 33.6 Å². The second-order valence-corrected chi connectivity index (χ2v) is 4.80. The first-order valence-corrected chi connectivity index (χ1v) is 4.84. The minimum atomic E-state index is -0.295. The molecule has 78 valence electrons. The van der Waals surface area contributed by atoms with Gasteiger partial charge < -0.3 is 4.57 Å². The maximum atomic E-state index is 11.9. The minimum absolute atomic E-state index is 0.115. The molecule has 0 aliphatic carbocycles. The van der Waals surface area contributed by atoms with Crippen LogP contribution >= 0.6 is 0 Å². The highest BCUT2D eigenvalue weighted by Crippen LogP contribution is 2.25. The van der Waals surface area contributed by atoms with Crippen molar-refractivity contribution in [2.24, 2.45) is 12.5 Å². The molecule has 3 nitrogen and oxygen atoms in total. The van der Waals surface area contributed by atoms with Crippen LogP contribution in [0.15, 0.2) is 12.5 Å². The van der Waals surface area contributed by atoms with Crippen LogP contribution in [0.2, 0.25) is 0 Å². The van der Waals surface area contributed by atoms with E-state index in [-0.39, 0.29) is 17.1 Å². The van der Waals surface area contributed by atoms with Crippen molar-refractivity contribution in [3.05, 3.63) is 18.2 Å². The van der Waals surface area contributed by atoms with Crippen molar-refractivity contribution >= 4 is 5.78 Å². The minimum Gasteiger partial charge on any atom is -0.340 e. The van der Waals surface area contributed by atoms with Gasteiger partial charge in [-0.15, -0.1) is 0 Å². The highest BCUT2D eigenvalue weighted by Gasteiger charge is 2.28. The van der Waals surface area contributed by atoms with Gasteiger partial charge in [0.2, 0.25) is 0 Å². The van der Waals surface area contributed by atoms with E-state index in [1.165, 1.54) is 0 Å². The zero-order chi connectivity index (χ0) is 10.9. The van der Waals surface area contributed by atoms with Gasteiger partial charge in [-0.2, -0.15) is 0 Å². The summed E-state index contributed by atoms with van der Waals surface area (Å²) in [4.78, 5) is 16.1. The molecule has 14 heavy (non-hydrogen) atoms. The molecule has 1 rings (SSSR count). The predicted molar refractivity (Wildman–Crippen MR) is 56.1 cm³/mol. The molecule has 0 fully saturated rings. The molecule has 3 heteroatoms. The Morgan fingerprint density at radius 3 is 2.43 bits per heavy atom. The number of aryl methyl sites for hydroxylation is 1. The number of ketones is 1. The van der Waals surface area contributed by atoms with Crippen molar-refractivity contribution in [1.82, 2.24) is 9.55 Å². The van der Waals surface area contributed by atoms with E-state index in [4.69, 9.17) is 0 Å². The third kappa shape index (κ3) is 2.22. The van der Waals surface area contributed by atoms with Crippen molar-refractivity contribution in [3.8, 4) is 0 Å². The van der Waals surface area contributed by atoms with Crippen LogP contribution in [0.1, 0.15) is 39.3 Å². The zero-order valence-corrected chi connectivity index (χ0v) is 9.53. The van der Waals surface area contributed by atoms with Gasteiger partial charge in [0.05, 0.1) is 17.9 Å². The molecular formula is C11H18N2O. The summed E-state index contributed by atoms with van der Waals surface area (Å²) >= 11 is 0. The van der Waals surface area contributed by atoms with Crippen LogP contribution in [0.4, 0.5) is 0 Å². The van der Waals surface area contributed by atoms with Crippen LogP contribution in [0.25, 0.3) is 0 Å². The number of Topliss-reactive ketones (excluding diaryl/α,β-unsaturated/α-hetero) is 1. The lowest BCUT2D eigenvalue weighted by Crippen LogP contribution is -2.25. The van der Waals surface area contributed by atoms with Gasteiger partial charge >= 0.3 is 0 Å². The van der Waals surface area contributed by atoms with Crippen LogP contribution < -0.4 is 0 Å². The SMILES string of the molecule is CC(C(=O)C(C)(C)C)c1cn(C)cn1. The van der Waals surface area contributed by atoms with Gasteiger partial charge in [0.1, 0.15) is 5.78 Å². The number of carbonyl (C=O) groups is 1. The maximum Gasteiger partial charge on any atom is 0.146 e. The summed E-state index contributed by atoms with van der Waals surface area (Å²) in [5, 5.41) is 0. The molecule has 0 radical (unpaired) electrons. The highest BCUT2D eigenvalue weighted by atomic mass is 16.1. The molecule has 0 spiro atoms. The Balaban J connectivity index is 2.86. The third-order valence-electron chi connectivity index (χ3n) is 2.30. The lowest BCUT2D eigenvalue weighted by Gasteiger charge is -2.20. The second kappa shape index (κ2) is 3.56. The smallest absolute Gasteiger partial charge is 0.146 e. The van der Waals surface area contributed by atoms with E-state index >= 15 is 0 Å². The molecule has 1 aromatic heterocycles. The van der Waals surface area contributed by atoms with E-state index in [2.05, 4.69) is 4.98 Å². The van der Waals surface area contributed by atoms with Gasteiger partial charge in [0.15, 0.2) is 0 Å². The number of hydrogen-bond acceptors (Lipinski definition) is 2. The van der Waals surface area contributed by atoms with Crippen molar-refractivity contribution in [2.75, 3.05) is 0 Å². The Morgan fingerprint density at radius 1 is 1.50 bits per heavy atom. The average Bonchev–Trinajstić information content (AvgIpc) is 2.47. The Bertz CT molecular complexity index is 333. The van der Waals surface area contributed by atoms with Crippen LogP contribution in [0, 0.1) is 5.41 Å². The molecule has 0 amide bonds. The summed E-state index contributed by atoms with van der Waals surface area (Å²) in [6.45, 7) is 7.73. The summed E-state index contributed by atoms with van der Waals surface area (Å²) in [6.07, 6.45) is 3.62. The summed E-state index contributed by atoms with van der Waals surface area (Å²) in [5.74, 6) is 0.118. The molecule has 0 saturated heterocycles. The number of nitrogens with zero attached hydrogens (tertiary/aromatic N) is 2. The first-order chi connectivity index (χ1) is 6.32. The molecule has 1 heterocycles. The molecule has 1 unspecified atom stereocenters. The van der Waals surface area contributed by atoms with E-state index in [0.717, 1.165) is 5.69 Å². The first kappa shape index (κ1) is 11.0. The third-order valence-corrected chi connectivity index (χ3v) is 2.30. The van der Waals surface area contributed by atoms with Gasteiger partial charge in [-0.3, -0.25) is 4.79 Å². The highest BCUT2D eigenvalue weighted by molar-refractivity contribution is 5.89. The molecule has 0 aromatic carbocycles. The van der Waals surface area contributed by atoms with E-state index in [9.17, 15) is 4.79 Å². The van der Waals surface area contributed by atoms with E-state index in [1.807, 2.05) is 45.5 Å². The quantitative estimate of drug-likeness (QED) is 0.723. The molecule has 1 aromatic rings. The summed E-state index contributed by atoms with van der Waals surface area (Å²) in [6, 6.07) is 0. The number of hydrogen-bond donors (Lipinski definition) is 0. The molecule has 0 aliphatic rings. The topological polar surface area (TPSA) is 34.9 Å². The molecular weight excluding hydrogens is 176 g/mol. The van der Waals surface area contributed by atoms with E-state index in [0.29, 0.717) is 0 Å². The fourth-order valence-electron chi connectivity index (χ4n) is 1.44. The van der Waals surface area contributed by atoms with Crippen LogP contribution in [-0.4, -0.2) is 15.3 Å². The molecule has 0 saturated carbocycles. The number of rotatable bonds is 2. The Kier molecular flexibility index (Phi) is 2.79. The van der Waals surface area contributed by atoms with Gasteiger partial charge in [0, 0.05) is 18.7 Å². The monoisotopic (exact) mass is 194 g/mol. The summed E-state index contributed by atoms with van der Waals surface area (Å²) < 4.78 is 1.86. The maximum absolute atomic E-state index is 11.9. The molecule has 0 aliphatic heterocycles. The molecule has 0 N–H and O–H groups in total. The van der Waals surface area contributed by atoms with E-state index in [1.54, 1.807) is 6.33 Å². The van der Waals surface area contributed by atoms with Gasteiger partial charge in [-0.25, -0.2) is 4.98 Å². The summed E-state index contributed by atoms with van der Waals surface area (Å²) in [5.41, 5.74) is 0.559. The van der Waals surface area contributed by atoms with E-state index < -0.39 is 0 Å². The van der Waals surface area contributed by atoms with Crippen LogP contribution in [-0.2, 0) is 11.8 Å². The summed E-state index contributed by atoms with van der Waals surface area (Å²) in [7, 11) is 1.91. The molecule has 1 atom stereocenters. The fraction of sp³-hybridized carbons (Fsp3) is 0.636. The Hall–Kier alpha value is -1.12. The first-order valence-electron chi connectivity index (χ1n) is 4.84. The normalized spacial score (nSPS) is 14.1. The number of aromatic nitrogens is 2. The van der Waals surface area contributed by atoms with Crippen LogP contribution in [0.5, 0.6) is 0 Å².